The van der Waals surface area contributed by atoms with Crippen molar-refractivity contribution in [1.29, 1.82) is 0 Å². The van der Waals surface area contributed by atoms with Crippen LogP contribution in [-0.2, 0) is 14.3 Å². The number of fused-ring (bicyclic) bond motifs is 3. The van der Waals surface area contributed by atoms with Crippen LogP contribution in [0.1, 0.15) is 66.8 Å². The number of nitrogens with zero attached hydrogens (tertiary/aromatic N) is 1. The fraction of sp³-hybridized carbons (Fsp3) is 0.621. The number of carbonyl (C=O) groups excluding carboxylic acids is 3. The van der Waals surface area contributed by atoms with Gasteiger partial charge in [0, 0.05) is 42.8 Å². The van der Waals surface area contributed by atoms with Gasteiger partial charge >= 0.3 is 0 Å². The number of aldehydes is 1. The number of nitrogens with one attached hydrogen (secondary N) is 1. The number of aliphatic hydroxyl groups excluding tert-OH is 2. The van der Waals surface area contributed by atoms with Gasteiger partial charge in [-0.3, -0.25) is 14.4 Å². The highest BCUT2D eigenvalue weighted by atomic mass is 16.5. The van der Waals surface area contributed by atoms with Crippen molar-refractivity contribution in [3.8, 4) is 11.5 Å². The third-order valence-electron chi connectivity index (χ3n) is 8.45. The van der Waals surface area contributed by atoms with E-state index in [1.54, 1.807) is 23.1 Å². The number of hydrogen-bond donors (Lipinski definition) is 3. The van der Waals surface area contributed by atoms with Crippen LogP contribution < -0.4 is 14.8 Å². The van der Waals surface area contributed by atoms with Gasteiger partial charge in [-0.15, -0.1) is 0 Å². The second-order valence-electron chi connectivity index (χ2n) is 10.9. The highest BCUT2D eigenvalue weighted by Crippen LogP contribution is 2.51. The molecule has 0 bridgehead atoms. The van der Waals surface area contributed by atoms with Gasteiger partial charge < -0.3 is 34.6 Å². The van der Waals surface area contributed by atoms with Crippen molar-refractivity contribution in [3.05, 3.63) is 34.9 Å². The SMILES string of the molecule is COc1cc(C=O)cc2c1O[C@@H]1[C@@H](O)[C@H](N(C[C@H]3CCCO3)C(=O)CC3CCCC3)C=C(C(=O)NCCO)[C@H]21. The normalized spacial score (nSPS) is 27.8. The van der Waals surface area contributed by atoms with Crippen LogP contribution in [-0.4, -0.2) is 91.0 Å². The van der Waals surface area contributed by atoms with Crippen molar-refractivity contribution in [1.82, 2.24) is 10.2 Å². The third-order valence-corrected chi connectivity index (χ3v) is 8.45. The molecular weight excluding hydrogens is 504 g/mol. The standard InChI is InChI=1S/C29H38N2O8/c1-37-23-12-18(16-33)11-20-25-21(29(36)30-8-9-32)14-22(26(35)28(25)39-27(20)23)31(15-19-7-4-10-38-19)24(34)13-17-5-2-3-6-17/h11-12,14,16-17,19,22,25-26,28,32,35H,2-10,13,15H2,1H3,(H,30,36)/t19-,22-,25+,26+,28+/m1/s1. The van der Waals surface area contributed by atoms with E-state index < -0.39 is 30.1 Å². The fourth-order valence-corrected chi connectivity index (χ4v) is 6.53. The van der Waals surface area contributed by atoms with Crippen LogP contribution in [0.25, 0.3) is 0 Å². The zero-order chi connectivity index (χ0) is 27.5. The van der Waals surface area contributed by atoms with Crippen molar-refractivity contribution in [2.24, 2.45) is 5.92 Å². The topological polar surface area (TPSA) is 135 Å². The second kappa shape index (κ2) is 12.1. The molecule has 10 nitrogen and oxygen atoms in total. The number of rotatable bonds is 10. The van der Waals surface area contributed by atoms with Crippen LogP contribution in [0.2, 0.25) is 0 Å². The summed E-state index contributed by atoms with van der Waals surface area (Å²) in [6.45, 7) is 0.764. The highest BCUT2D eigenvalue weighted by molar-refractivity contribution is 5.96. The van der Waals surface area contributed by atoms with E-state index in [-0.39, 0.29) is 25.2 Å². The highest BCUT2D eigenvalue weighted by Gasteiger charge is 2.51. The number of benzene rings is 1. The molecule has 39 heavy (non-hydrogen) atoms. The van der Waals surface area contributed by atoms with E-state index >= 15 is 0 Å². The molecule has 5 rings (SSSR count). The van der Waals surface area contributed by atoms with E-state index in [0.29, 0.717) is 60.0 Å². The van der Waals surface area contributed by atoms with Crippen LogP contribution in [0.4, 0.5) is 0 Å². The van der Waals surface area contributed by atoms with E-state index in [1.165, 1.54) is 7.11 Å². The predicted molar refractivity (Wildman–Crippen MR) is 141 cm³/mol. The lowest BCUT2D eigenvalue weighted by Crippen LogP contribution is -2.57. The minimum absolute atomic E-state index is 0.0480. The maximum atomic E-state index is 13.8. The first-order valence-corrected chi connectivity index (χ1v) is 14.0. The Bertz CT molecular complexity index is 1110. The second-order valence-corrected chi connectivity index (χ2v) is 10.9. The Morgan fingerprint density at radius 3 is 2.67 bits per heavy atom. The summed E-state index contributed by atoms with van der Waals surface area (Å²) in [6, 6.07) is 2.38. The molecule has 1 saturated carbocycles. The smallest absolute Gasteiger partial charge is 0.247 e. The Balaban J connectivity index is 1.54. The van der Waals surface area contributed by atoms with E-state index in [1.807, 2.05) is 0 Å². The lowest BCUT2D eigenvalue weighted by atomic mass is 9.77. The van der Waals surface area contributed by atoms with Crippen LogP contribution in [0, 0.1) is 5.92 Å². The Morgan fingerprint density at radius 2 is 2.00 bits per heavy atom. The van der Waals surface area contributed by atoms with Gasteiger partial charge in [-0.1, -0.05) is 12.8 Å². The minimum atomic E-state index is -1.14. The largest absolute Gasteiger partial charge is 0.493 e. The van der Waals surface area contributed by atoms with Gasteiger partial charge in [0.1, 0.15) is 18.5 Å². The predicted octanol–water partition coefficient (Wildman–Crippen LogP) is 1.72. The Hall–Kier alpha value is -2.95. The number of methoxy groups -OCH3 is 1. The van der Waals surface area contributed by atoms with Gasteiger partial charge in [0.05, 0.1) is 31.8 Å². The first kappa shape index (κ1) is 27.6. The van der Waals surface area contributed by atoms with Gasteiger partial charge in [0.25, 0.3) is 0 Å². The first-order valence-electron chi connectivity index (χ1n) is 14.0. The van der Waals surface area contributed by atoms with Gasteiger partial charge in [-0.05, 0) is 49.8 Å². The molecular formula is C29H38N2O8. The molecule has 0 unspecified atom stereocenters. The number of ether oxygens (including phenoxy) is 3. The van der Waals surface area contributed by atoms with Gasteiger partial charge in [-0.25, -0.2) is 0 Å². The first-order chi connectivity index (χ1) is 18.9. The summed E-state index contributed by atoms with van der Waals surface area (Å²) in [5.74, 6) is -0.177. The average Bonchev–Trinajstić information content (AvgIpc) is 3.72. The van der Waals surface area contributed by atoms with Gasteiger partial charge in [-0.2, -0.15) is 0 Å². The van der Waals surface area contributed by atoms with Gasteiger partial charge in [0.2, 0.25) is 11.8 Å². The van der Waals surface area contributed by atoms with Crippen molar-refractivity contribution >= 4 is 18.1 Å². The summed E-state index contributed by atoms with van der Waals surface area (Å²) in [5.41, 5.74) is 1.24. The molecule has 1 aromatic carbocycles. The molecule has 2 aliphatic heterocycles. The van der Waals surface area contributed by atoms with Crippen LogP contribution in [0.3, 0.4) is 0 Å². The molecule has 0 radical (unpaired) electrons. The third kappa shape index (κ3) is 5.55. The molecule has 0 aromatic heterocycles. The van der Waals surface area contributed by atoms with Crippen LogP contribution >= 0.6 is 0 Å². The Labute approximate surface area is 228 Å². The molecule has 2 aliphatic carbocycles. The molecule has 5 atom stereocenters. The zero-order valence-corrected chi connectivity index (χ0v) is 22.3. The summed E-state index contributed by atoms with van der Waals surface area (Å²) in [7, 11) is 1.46. The minimum Gasteiger partial charge on any atom is -0.493 e. The quantitative estimate of drug-likeness (QED) is 0.381. The molecule has 2 fully saturated rings. The van der Waals surface area contributed by atoms with E-state index in [2.05, 4.69) is 5.32 Å². The molecule has 2 amide bonds. The molecule has 3 N–H and O–H groups in total. The number of amides is 2. The molecule has 1 saturated heterocycles. The summed E-state index contributed by atoms with van der Waals surface area (Å²) in [4.78, 5) is 40.5. The maximum Gasteiger partial charge on any atom is 0.247 e. The summed E-state index contributed by atoms with van der Waals surface area (Å²) >= 11 is 0. The monoisotopic (exact) mass is 542 g/mol. The van der Waals surface area contributed by atoms with Crippen LogP contribution in [0.5, 0.6) is 11.5 Å². The Morgan fingerprint density at radius 1 is 1.21 bits per heavy atom. The Kier molecular flexibility index (Phi) is 8.54. The van der Waals surface area contributed by atoms with Crippen molar-refractivity contribution in [2.75, 3.05) is 33.4 Å². The molecule has 10 heteroatoms. The van der Waals surface area contributed by atoms with Gasteiger partial charge in [0.15, 0.2) is 11.5 Å². The van der Waals surface area contributed by atoms with E-state index in [0.717, 1.165) is 38.5 Å². The number of hydrogen-bond acceptors (Lipinski definition) is 8. The molecule has 212 valence electrons. The lowest BCUT2D eigenvalue weighted by Gasteiger charge is -2.41. The number of aliphatic hydroxyl groups is 2. The van der Waals surface area contributed by atoms with E-state index in [9.17, 15) is 24.6 Å². The van der Waals surface area contributed by atoms with Crippen molar-refractivity contribution in [2.45, 2.75) is 75.2 Å². The zero-order valence-electron chi connectivity index (χ0n) is 22.3. The van der Waals surface area contributed by atoms with Crippen LogP contribution in [0.15, 0.2) is 23.8 Å². The molecule has 0 spiro atoms. The average molecular weight is 543 g/mol. The molecule has 4 aliphatic rings. The van der Waals surface area contributed by atoms with E-state index in [4.69, 9.17) is 14.2 Å². The maximum absolute atomic E-state index is 13.8. The van der Waals surface area contributed by atoms with Crippen molar-refractivity contribution < 1.29 is 38.8 Å². The summed E-state index contributed by atoms with van der Waals surface area (Å²) in [6.07, 6.45) is 6.58. The summed E-state index contributed by atoms with van der Waals surface area (Å²) < 4.78 is 17.6. The molecule has 2 heterocycles. The lowest BCUT2D eigenvalue weighted by molar-refractivity contribution is -0.140. The fourth-order valence-electron chi connectivity index (χ4n) is 6.53. The summed E-state index contributed by atoms with van der Waals surface area (Å²) in [5, 5.41) is 23.8. The number of carbonyl (C=O) groups is 3. The van der Waals surface area contributed by atoms with Crippen molar-refractivity contribution in [3.63, 3.8) is 0 Å². The molecule has 1 aromatic rings.